The summed E-state index contributed by atoms with van der Waals surface area (Å²) < 4.78 is 0. The number of aromatic nitrogens is 1. The van der Waals surface area contributed by atoms with Crippen LogP contribution in [0.1, 0.15) is 5.69 Å². The second-order valence-electron chi connectivity index (χ2n) is 4.19. The van der Waals surface area contributed by atoms with Gasteiger partial charge >= 0.3 is 0 Å². The number of halogens is 1. The Bertz CT molecular complexity index is 744. The third-order valence-electron chi connectivity index (χ3n) is 2.69. The monoisotopic (exact) mass is 315 g/mol. The van der Waals surface area contributed by atoms with Crippen LogP contribution in [0.3, 0.4) is 0 Å². The number of pyridine rings is 1. The van der Waals surface area contributed by atoms with E-state index in [0.717, 1.165) is 5.69 Å². The minimum atomic E-state index is -0.184. The van der Waals surface area contributed by atoms with Crippen molar-refractivity contribution >= 4 is 46.2 Å². The Morgan fingerprint density at radius 1 is 1.19 bits per heavy atom. The SMILES string of the molecule is O=C1NC(=Nc2ccccc2Cl)S/C1=C\c1ccccn1. The molecule has 1 N–H and O–H groups in total. The minimum absolute atomic E-state index is 0.184. The molecule has 0 unspecified atom stereocenters. The molecule has 2 aromatic rings. The molecular weight excluding hydrogens is 306 g/mol. The van der Waals surface area contributed by atoms with Crippen LogP contribution in [0.25, 0.3) is 6.08 Å². The first-order chi connectivity index (χ1) is 10.2. The summed E-state index contributed by atoms with van der Waals surface area (Å²) in [5.74, 6) is -0.184. The van der Waals surface area contributed by atoms with E-state index < -0.39 is 0 Å². The molecule has 0 atom stereocenters. The molecule has 21 heavy (non-hydrogen) atoms. The molecule has 0 spiro atoms. The van der Waals surface area contributed by atoms with Gasteiger partial charge in [0.05, 0.1) is 21.3 Å². The Morgan fingerprint density at radius 2 is 2.00 bits per heavy atom. The zero-order valence-electron chi connectivity index (χ0n) is 10.8. The van der Waals surface area contributed by atoms with E-state index in [1.807, 2.05) is 30.3 Å². The summed E-state index contributed by atoms with van der Waals surface area (Å²) in [5.41, 5.74) is 1.36. The number of carbonyl (C=O) groups is 1. The largest absolute Gasteiger partial charge is 0.300 e. The number of hydrogen-bond acceptors (Lipinski definition) is 4. The Hall–Kier alpha value is -2.11. The number of nitrogens with zero attached hydrogens (tertiary/aromatic N) is 2. The average Bonchev–Trinajstić information content (AvgIpc) is 2.82. The normalized spacial score (nSPS) is 18.2. The first kappa shape index (κ1) is 13.9. The molecule has 4 nitrogen and oxygen atoms in total. The maximum absolute atomic E-state index is 11.9. The number of thioether (sulfide) groups is 1. The highest BCUT2D eigenvalue weighted by Gasteiger charge is 2.24. The van der Waals surface area contributed by atoms with Crippen molar-refractivity contribution in [1.82, 2.24) is 10.3 Å². The van der Waals surface area contributed by atoms with Crippen molar-refractivity contribution in [3.8, 4) is 0 Å². The van der Waals surface area contributed by atoms with Gasteiger partial charge in [0, 0.05) is 6.20 Å². The van der Waals surface area contributed by atoms with E-state index >= 15 is 0 Å². The first-order valence-corrected chi connectivity index (χ1v) is 7.37. The third-order valence-corrected chi connectivity index (χ3v) is 3.92. The van der Waals surface area contributed by atoms with Gasteiger partial charge in [-0.25, -0.2) is 4.99 Å². The van der Waals surface area contributed by atoms with Crippen LogP contribution in [0.2, 0.25) is 5.02 Å². The fourth-order valence-corrected chi connectivity index (χ4v) is 2.73. The molecule has 0 saturated carbocycles. The van der Waals surface area contributed by atoms with Crippen LogP contribution in [0.4, 0.5) is 5.69 Å². The lowest BCUT2D eigenvalue weighted by Crippen LogP contribution is -2.19. The predicted molar refractivity (Wildman–Crippen MR) is 86.5 cm³/mol. The fraction of sp³-hybridized carbons (Fsp3) is 0. The van der Waals surface area contributed by atoms with Gasteiger partial charge in [-0.1, -0.05) is 29.8 Å². The molecule has 0 aliphatic carbocycles. The van der Waals surface area contributed by atoms with E-state index in [9.17, 15) is 4.79 Å². The van der Waals surface area contributed by atoms with Gasteiger partial charge in [-0.15, -0.1) is 0 Å². The summed E-state index contributed by atoms with van der Waals surface area (Å²) in [4.78, 5) is 21.0. The number of rotatable bonds is 2. The number of amidine groups is 1. The lowest BCUT2D eigenvalue weighted by molar-refractivity contribution is -0.115. The van der Waals surface area contributed by atoms with Gasteiger partial charge in [0.1, 0.15) is 0 Å². The van der Waals surface area contributed by atoms with Crippen molar-refractivity contribution in [3.63, 3.8) is 0 Å². The summed E-state index contributed by atoms with van der Waals surface area (Å²) in [6, 6.07) is 12.8. The lowest BCUT2D eigenvalue weighted by Gasteiger charge is -1.98. The smallest absolute Gasteiger partial charge is 0.264 e. The molecule has 1 aromatic carbocycles. The zero-order valence-corrected chi connectivity index (χ0v) is 12.4. The standard InChI is InChI=1S/C15H10ClN3OS/c16-11-6-1-2-7-12(11)18-15-19-14(20)13(21-15)9-10-5-3-4-8-17-10/h1-9H,(H,18,19,20)/b13-9-. The molecule has 1 fully saturated rings. The highest BCUT2D eigenvalue weighted by atomic mass is 35.5. The number of nitrogens with one attached hydrogen (secondary N) is 1. The van der Waals surface area contributed by atoms with Crippen LogP contribution in [0.5, 0.6) is 0 Å². The average molecular weight is 316 g/mol. The Morgan fingerprint density at radius 3 is 2.76 bits per heavy atom. The number of carbonyl (C=O) groups excluding carboxylic acids is 1. The number of aliphatic imine (C=N–C) groups is 1. The summed E-state index contributed by atoms with van der Waals surface area (Å²) in [5, 5.41) is 3.77. The molecule has 6 heteroatoms. The molecule has 1 saturated heterocycles. The van der Waals surface area contributed by atoms with Gasteiger partial charge in [0.15, 0.2) is 5.17 Å². The van der Waals surface area contributed by atoms with E-state index in [0.29, 0.717) is 20.8 Å². The van der Waals surface area contributed by atoms with E-state index in [1.165, 1.54) is 11.8 Å². The maximum Gasteiger partial charge on any atom is 0.264 e. The zero-order chi connectivity index (χ0) is 14.7. The van der Waals surface area contributed by atoms with Gasteiger partial charge in [-0.3, -0.25) is 9.78 Å². The molecule has 1 aromatic heterocycles. The first-order valence-electron chi connectivity index (χ1n) is 6.17. The van der Waals surface area contributed by atoms with Crippen molar-refractivity contribution in [2.75, 3.05) is 0 Å². The number of hydrogen-bond donors (Lipinski definition) is 1. The van der Waals surface area contributed by atoms with E-state index in [-0.39, 0.29) is 5.91 Å². The summed E-state index contributed by atoms with van der Waals surface area (Å²) in [6.45, 7) is 0. The maximum atomic E-state index is 11.9. The molecule has 3 rings (SSSR count). The summed E-state index contributed by atoms with van der Waals surface area (Å²) >= 11 is 7.32. The van der Waals surface area contributed by atoms with Crippen LogP contribution >= 0.6 is 23.4 Å². The molecule has 2 heterocycles. The van der Waals surface area contributed by atoms with Crippen molar-refractivity contribution in [2.45, 2.75) is 0 Å². The predicted octanol–water partition coefficient (Wildman–Crippen LogP) is 3.63. The van der Waals surface area contributed by atoms with Crippen molar-refractivity contribution in [2.24, 2.45) is 4.99 Å². The Labute approximate surface area is 131 Å². The number of benzene rings is 1. The second-order valence-corrected chi connectivity index (χ2v) is 5.63. The van der Waals surface area contributed by atoms with E-state index in [1.54, 1.807) is 24.4 Å². The highest BCUT2D eigenvalue weighted by Crippen LogP contribution is 2.30. The lowest BCUT2D eigenvalue weighted by atomic mass is 10.3. The van der Waals surface area contributed by atoms with Crippen molar-refractivity contribution in [1.29, 1.82) is 0 Å². The van der Waals surface area contributed by atoms with Gasteiger partial charge in [0.2, 0.25) is 0 Å². The topological polar surface area (TPSA) is 54.4 Å². The van der Waals surface area contributed by atoms with E-state index in [2.05, 4.69) is 15.3 Å². The molecule has 1 aliphatic rings. The third kappa shape index (κ3) is 3.32. The number of para-hydroxylation sites is 1. The quantitative estimate of drug-likeness (QED) is 0.861. The van der Waals surface area contributed by atoms with Crippen molar-refractivity contribution < 1.29 is 4.79 Å². The Balaban J connectivity index is 1.85. The fourth-order valence-electron chi connectivity index (χ4n) is 1.73. The van der Waals surface area contributed by atoms with Gasteiger partial charge < -0.3 is 5.32 Å². The van der Waals surface area contributed by atoms with Crippen LogP contribution < -0.4 is 5.32 Å². The van der Waals surface area contributed by atoms with Crippen molar-refractivity contribution in [3.05, 3.63) is 64.3 Å². The second kappa shape index (κ2) is 6.11. The van der Waals surface area contributed by atoms with Crippen LogP contribution in [0.15, 0.2) is 58.6 Å². The Kier molecular flexibility index (Phi) is 4.03. The van der Waals surface area contributed by atoms with Crippen LogP contribution in [0, 0.1) is 0 Å². The molecule has 1 aliphatic heterocycles. The summed E-state index contributed by atoms with van der Waals surface area (Å²) in [7, 11) is 0. The van der Waals surface area contributed by atoms with Gasteiger partial charge in [-0.2, -0.15) is 0 Å². The molecule has 0 radical (unpaired) electrons. The summed E-state index contributed by atoms with van der Waals surface area (Å²) in [6.07, 6.45) is 3.41. The van der Waals surface area contributed by atoms with Gasteiger partial charge in [0.25, 0.3) is 5.91 Å². The van der Waals surface area contributed by atoms with Gasteiger partial charge in [-0.05, 0) is 42.1 Å². The number of amides is 1. The van der Waals surface area contributed by atoms with E-state index in [4.69, 9.17) is 11.6 Å². The molecule has 0 bridgehead atoms. The molecule has 104 valence electrons. The molecule has 1 amide bonds. The molecular formula is C15H10ClN3OS. The highest BCUT2D eigenvalue weighted by molar-refractivity contribution is 8.18. The van der Waals surface area contributed by atoms with Crippen LogP contribution in [-0.2, 0) is 4.79 Å². The van der Waals surface area contributed by atoms with Crippen LogP contribution in [-0.4, -0.2) is 16.1 Å². The minimum Gasteiger partial charge on any atom is -0.300 e.